The minimum Gasteiger partial charge on any atom is -0.378 e. The van der Waals surface area contributed by atoms with E-state index in [1.807, 2.05) is 0 Å². The molecule has 5 heteroatoms. The zero-order valence-electron chi connectivity index (χ0n) is 12.4. The van der Waals surface area contributed by atoms with E-state index in [1.54, 1.807) is 0 Å². The average molecular weight is 302 g/mol. The summed E-state index contributed by atoms with van der Waals surface area (Å²) in [4.78, 5) is 11.1. The van der Waals surface area contributed by atoms with E-state index in [2.05, 4.69) is 0 Å². The Balaban J connectivity index is 1.52. The molecule has 2 atom stereocenters. The minimum absolute atomic E-state index is 0.137. The summed E-state index contributed by atoms with van der Waals surface area (Å²) in [5, 5.41) is 0. The van der Waals surface area contributed by atoms with Gasteiger partial charge in [0.25, 0.3) is 6.08 Å². The zero-order chi connectivity index (χ0) is 15.1. The van der Waals surface area contributed by atoms with Crippen LogP contribution in [-0.4, -0.2) is 31.2 Å². The van der Waals surface area contributed by atoms with Gasteiger partial charge in [0.05, 0.1) is 18.8 Å². The average Bonchev–Trinajstić information content (AvgIpc) is 2.46. The van der Waals surface area contributed by atoms with Crippen LogP contribution in [0.1, 0.15) is 51.4 Å². The van der Waals surface area contributed by atoms with E-state index < -0.39 is 6.08 Å². The predicted octanol–water partition coefficient (Wildman–Crippen LogP) is 3.87. The Hall–Kier alpha value is -0.810. The van der Waals surface area contributed by atoms with Gasteiger partial charge in [0, 0.05) is 25.4 Å². The fourth-order valence-corrected chi connectivity index (χ4v) is 3.00. The number of rotatable bonds is 6. The molecule has 0 aromatic heterocycles. The Labute approximate surface area is 124 Å². The van der Waals surface area contributed by atoms with Crippen molar-refractivity contribution in [2.24, 2.45) is 5.92 Å². The highest BCUT2D eigenvalue weighted by Crippen LogP contribution is 2.24. The molecule has 2 unspecified atom stereocenters. The molecule has 0 aromatic carbocycles. The van der Waals surface area contributed by atoms with Gasteiger partial charge in [0.2, 0.25) is 0 Å². The minimum atomic E-state index is -1.61. The molecule has 1 heterocycles. The predicted molar refractivity (Wildman–Crippen MR) is 75.2 cm³/mol. The SMILES string of the molecule is O=C1CCC(OCCCC2CCC(C=C(F)F)CO2)CC1. The van der Waals surface area contributed by atoms with Crippen molar-refractivity contribution in [2.45, 2.75) is 63.6 Å². The van der Waals surface area contributed by atoms with E-state index in [9.17, 15) is 13.6 Å². The van der Waals surface area contributed by atoms with Crippen molar-refractivity contribution in [3.63, 3.8) is 0 Å². The Morgan fingerprint density at radius 2 is 2.00 bits per heavy atom. The lowest BCUT2D eigenvalue weighted by atomic mass is 9.96. The molecule has 0 radical (unpaired) electrons. The first-order chi connectivity index (χ1) is 10.1. The number of Topliss-reactive ketones (excluding diaryl/α,β-unsaturated/α-hetero) is 1. The number of carbonyl (C=O) groups excluding carboxylic acids is 1. The molecule has 1 saturated carbocycles. The molecule has 1 aliphatic carbocycles. The lowest BCUT2D eigenvalue weighted by Gasteiger charge is -2.27. The second-order valence-electron chi connectivity index (χ2n) is 6.00. The van der Waals surface area contributed by atoms with Gasteiger partial charge in [-0.1, -0.05) is 0 Å². The normalized spacial score (nSPS) is 27.6. The first-order valence-electron chi connectivity index (χ1n) is 7.91. The Bertz CT molecular complexity index is 349. The van der Waals surface area contributed by atoms with Crippen molar-refractivity contribution in [1.82, 2.24) is 0 Å². The first kappa shape index (κ1) is 16.6. The summed E-state index contributed by atoms with van der Waals surface area (Å²) in [6, 6.07) is 0. The third-order valence-corrected chi connectivity index (χ3v) is 4.28. The summed E-state index contributed by atoms with van der Waals surface area (Å²) in [7, 11) is 0. The van der Waals surface area contributed by atoms with Gasteiger partial charge in [-0.15, -0.1) is 0 Å². The Morgan fingerprint density at radius 3 is 2.62 bits per heavy atom. The zero-order valence-corrected chi connectivity index (χ0v) is 12.4. The third kappa shape index (κ3) is 6.22. The fraction of sp³-hybridized carbons (Fsp3) is 0.812. The van der Waals surface area contributed by atoms with Gasteiger partial charge >= 0.3 is 0 Å². The van der Waals surface area contributed by atoms with Gasteiger partial charge in [0.15, 0.2) is 0 Å². The standard InChI is InChI=1S/C16H24F2O3/c17-16(18)10-12-3-6-14(21-11-12)2-1-9-20-15-7-4-13(19)5-8-15/h10,12,14-15H,1-9,11H2. The summed E-state index contributed by atoms with van der Waals surface area (Å²) < 4.78 is 35.7. The highest BCUT2D eigenvalue weighted by Gasteiger charge is 2.22. The maximum atomic E-state index is 12.1. The molecule has 3 nitrogen and oxygen atoms in total. The van der Waals surface area contributed by atoms with Gasteiger partial charge in [0.1, 0.15) is 5.78 Å². The van der Waals surface area contributed by atoms with Crippen molar-refractivity contribution >= 4 is 5.78 Å². The molecule has 2 aliphatic rings. The quantitative estimate of drug-likeness (QED) is 0.699. The summed E-state index contributed by atoms with van der Waals surface area (Å²) >= 11 is 0. The molecule has 2 rings (SSSR count). The lowest BCUT2D eigenvalue weighted by molar-refractivity contribution is -0.123. The van der Waals surface area contributed by atoms with Crippen LogP contribution < -0.4 is 0 Å². The number of halogens is 2. The van der Waals surface area contributed by atoms with Crippen molar-refractivity contribution in [3.8, 4) is 0 Å². The van der Waals surface area contributed by atoms with Gasteiger partial charge in [-0.2, -0.15) is 8.78 Å². The molecule has 0 spiro atoms. The first-order valence-corrected chi connectivity index (χ1v) is 7.91. The third-order valence-electron chi connectivity index (χ3n) is 4.28. The van der Waals surface area contributed by atoms with Crippen molar-refractivity contribution in [2.75, 3.05) is 13.2 Å². The number of hydrogen-bond donors (Lipinski definition) is 0. The Morgan fingerprint density at radius 1 is 1.24 bits per heavy atom. The van der Waals surface area contributed by atoms with Crippen molar-refractivity contribution in [1.29, 1.82) is 0 Å². The van der Waals surface area contributed by atoms with E-state index >= 15 is 0 Å². The molecule has 1 aliphatic heterocycles. The molecule has 120 valence electrons. The van der Waals surface area contributed by atoms with Crippen molar-refractivity contribution < 1.29 is 23.0 Å². The van der Waals surface area contributed by atoms with E-state index in [4.69, 9.17) is 9.47 Å². The molecule has 21 heavy (non-hydrogen) atoms. The van der Waals surface area contributed by atoms with Crippen LogP contribution in [0.25, 0.3) is 0 Å². The van der Waals surface area contributed by atoms with Crippen LogP contribution in [-0.2, 0) is 14.3 Å². The highest BCUT2D eigenvalue weighted by molar-refractivity contribution is 5.79. The van der Waals surface area contributed by atoms with Crippen LogP contribution in [0.3, 0.4) is 0 Å². The maximum Gasteiger partial charge on any atom is 0.266 e. The summed E-state index contributed by atoms with van der Waals surface area (Å²) in [5.74, 6) is 0.209. The van der Waals surface area contributed by atoms with E-state index in [0.29, 0.717) is 31.8 Å². The van der Waals surface area contributed by atoms with E-state index in [1.165, 1.54) is 0 Å². The van der Waals surface area contributed by atoms with Gasteiger partial charge in [-0.25, -0.2) is 0 Å². The van der Waals surface area contributed by atoms with Crippen molar-refractivity contribution in [3.05, 3.63) is 12.2 Å². The molecule has 0 bridgehead atoms. The maximum absolute atomic E-state index is 12.1. The van der Waals surface area contributed by atoms with Crippen LogP contribution in [0.5, 0.6) is 0 Å². The number of hydrogen-bond acceptors (Lipinski definition) is 3. The van der Waals surface area contributed by atoms with Gasteiger partial charge in [-0.05, 0) is 44.6 Å². The molecule has 0 amide bonds. The summed E-state index contributed by atoms with van der Waals surface area (Å²) in [6.07, 6.45) is 6.25. The van der Waals surface area contributed by atoms with Gasteiger partial charge < -0.3 is 9.47 Å². The molecule has 0 N–H and O–H groups in total. The van der Waals surface area contributed by atoms with Crippen LogP contribution >= 0.6 is 0 Å². The van der Waals surface area contributed by atoms with Crippen LogP contribution in [0.2, 0.25) is 0 Å². The van der Waals surface area contributed by atoms with Crippen LogP contribution in [0.15, 0.2) is 12.2 Å². The number of ether oxygens (including phenoxy) is 2. The monoisotopic (exact) mass is 302 g/mol. The van der Waals surface area contributed by atoms with Crippen LogP contribution in [0.4, 0.5) is 8.78 Å². The molecule has 2 fully saturated rings. The topological polar surface area (TPSA) is 35.5 Å². The molecule has 0 aromatic rings. The van der Waals surface area contributed by atoms with Crippen LogP contribution in [0, 0.1) is 5.92 Å². The second-order valence-corrected chi connectivity index (χ2v) is 6.00. The summed E-state index contributed by atoms with van der Waals surface area (Å²) in [6.45, 7) is 1.09. The highest BCUT2D eigenvalue weighted by atomic mass is 19.3. The number of carbonyl (C=O) groups is 1. The second kappa shape index (κ2) is 8.59. The largest absolute Gasteiger partial charge is 0.378 e. The smallest absolute Gasteiger partial charge is 0.266 e. The fourth-order valence-electron chi connectivity index (χ4n) is 3.00. The summed E-state index contributed by atoms with van der Waals surface area (Å²) in [5.41, 5.74) is 0. The van der Waals surface area contributed by atoms with E-state index in [0.717, 1.165) is 44.6 Å². The van der Waals surface area contributed by atoms with Gasteiger partial charge in [-0.3, -0.25) is 4.79 Å². The lowest BCUT2D eigenvalue weighted by Crippen LogP contribution is -2.26. The van der Waals surface area contributed by atoms with E-state index in [-0.39, 0.29) is 18.1 Å². The molecule has 1 saturated heterocycles. The number of ketones is 1. The molecular formula is C16H24F2O3. The molecular weight excluding hydrogens is 278 g/mol. The Kier molecular flexibility index (Phi) is 6.77.